The molecule has 0 aromatic heterocycles. The van der Waals surface area contributed by atoms with Crippen LogP contribution in [-0.2, 0) is 14.3 Å². The standard InChI is InChI=1S/C14H17Cl2N3O3/c1-22-7-3-6-17-12(20)8-13(21)19-18-9-10-4-2-5-11(15)14(10)16/h2,4-5,9H,3,6-8H2,1H3,(H,17,20)(H,19,21)/b18-9+. The first kappa shape index (κ1) is 18.4. The zero-order chi connectivity index (χ0) is 16.4. The lowest BCUT2D eigenvalue weighted by atomic mass is 10.2. The van der Waals surface area contributed by atoms with Crippen molar-refractivity contribution in [2.45, 2.75) is 12.8 Å². The number of hydrogen-bond donors (Lipinski definition) is 2. The average molecular weight is 346 g/mol. The lowest BCUT2D eigenvalue weighted by Crippen LogP contribution is -2.30. The zero-order valence-corrected chi connectivity index (χ0v) is 13.6. The number of amides is 2. The van der Waals surface area contributed by atoms with Crippen LogP contribution in [0, 0.1) is 0 Å². The van der Waals surface area contributed by atoms with Crippen molar-refractivity contribution in [2.75, 3.05) is 20.3 Å². The molecule has 8 heteroatoms. The predicted octanol–water partition coefficient (Wildman–Crippen LogP) is 1.99. The fourth-order valence-corrected chi connectivity index (χ4v) is 1.84. The first-order valence-corrected chi connectivity index (χ1v) is 7.31. The number of carbonyl (C=O) groups is 2. The third-order valence-electron chi connectivity index (χ3n) is 2.54. The molecule has 0 spiro atoms. The fourth-order valence-electron chi connectivity index (χ4n) is 1.49. The van der Waals surface area contributed by atoms with E-state index in [1.807, 2.05) is 0 Å². The highest BCUT2D eigenvalue weighted by Gasteiger charge is 2.08. The molecule has 0 aliphatic rings. The highest BCUT2D eigenvalue weighted by Crippen LogP contribution is 2.23. The molecule has 0 radical (unpaired) electrons. The Labute approximate surface area is 138 Å². The van der Waals surface area contributed by atoms with Gasteiger partial charge in [0.2, 0.25) is 11.8 Å². The molecule has 0 saturated heterocycles. The third-order valence-corrected chi connectivity index (χ3v) is 3.38. The number of hydrazone groups is 1. The molecule has 0 aliphatic carbocycles. The van der Waals surface area contributed by atoms with E-state index in [-0.39, 0.29) is 12.3 Å². The van der Waals surface area contributed by atoms with Crippen molar-refractivity contribution >= 4 is 41.2 Å². The molecule has 1 rings (SSSR count). The van der Waals surface area contributed by atoms with E-state index in [2.05, 4.69) is 15.8 Å². The number of rotatable bonds is 8. The topological polar surface area (TPSA) is 79.8 Å². The van der Waals surface area contributed by atoms with Crippen LogP contribution in [0.2, 0.25) is 10.0 Å². The number of benzene rings is 1. The second-order valence-electron chi connectivity index (χ2n) is 4.31. The summed E-state index contributed by atoms with van der Waals surface area (Å²) in [5.74, 6) is -0.886. The fraction of sp³-hybridized carbons (Fsp3) is 0.357. The summed E-state index contributed by atoms with van der Waals surface area (Å²) in [5, 5.41) is 7.08. The number of ether oxygens (including phenoxy) is 1. The van der Waals surface area contributed by atoms with Crippen molar-refractivity contribution in [3.05, 3.63) is 33.8 Å². The van der Waals surface area contributed by atoms with Gasteiger partial charge in [0.1, 0.15) is 6.42 Å². The normalized spacial score (nSPS) is 10.7. The molecule has 1 aromatic carbocycles. The minimum absolute atomic E-state index is 0.298. The van der Waals surface area contributed by atoms with E-state index in [1.54, 1.807) is 25.3 Å². The van der Waals surface area contributed by atoms with Crippen LogP contribution in [0.1, 0.15) is 18.4 Å². The molecule has 1 aromatic rings. The minimum atomic E-state index is -0.515. The van der Waals surface area contributed by atoms with Gasteiger partial charge in [-0.05, 0) is 12.5 Å². The maximum atomic E-state index is 11.5. The molecular weight excluding hydrogens is 329 g/mol. The van der Waals surface area contributed by atoms with Crippen LogP contribution in [0.5, 0.6) is 0 Å². The van der Waals surface area contributed by atoms with E-state index in [0.717, 1.165) is 0 Å². The van der Waals surface area contributed by atoms with Crippen molar-refractivity contribution in [3.63, 3.8) is 0 Å². The van der Waals surface area contributed by atoms with Crippen molar-refractivity contribution < 1.29 is 14.3 Å². The van der Waals surface area contributed by atoms with Crippen LogP contribution < -0.4 is 10.7 Å². The minimum Gasteiger partial charge on any atom is -0.385 e. The Morgan fingerprint density at radius 2 is 2.09 bits per heavy atom. The molecule has 0 aliphatic heterocycles. The third kappa shape index (κ3) is 6.89. The van der Waals surface area contributed by atoms with Gasteiger partial charge in [-0.25, -0.2) is 5.43 Å². The summed E-state index contributed by atoms with van der Waals surface area (Å²) in [5.41, 5.74) is 2.82. The zero-order valence-electron chi connectivity index (χ0n) is 12.1. The second kappa shape index (κ2) is 10.2. The van der Waals surface area contributed by atoms with E-state index in [4.69, 9.17) is 27.9 Å². The lowest BCUT2D eigenvalue weighted by Gasteiger charge is -2.04. The average Bonchev–Trinajstić information content (AvgIpc) is 2.48. The van der Waals surface area contributed by atoms with Gasteiger partial charge < -0.3 is 10.1 Å². The van der Waals surface area contributed by atoms with Gasteiger partial charge in [-0.15, -0.1) is 0 Å². The van der Waals surface area contributed by atoms with Crippen LogP contribution in [-0.4, -0.2) is 38.3 Å². The monoisotopic (exact) mass is 345 g/mol. The number of nitrogens with zero attached hydrogens (tertiary/aromatic N) is 1. The predicted molar refractivity (Wildman–Crippen MR) is 86.3 cm³/mol. The van der Waals surface area contributed by atoms with Crippen molar-refractivity contribution in [1.82, 2.24) is 10.7 Å². The highest BCUT2D eigenvalue weighted by atomic mass is 35.5. The molecular formula is C14H17Cl2N3O3. The summed E-state index contributed by atoms with van der Waals surface area (Å²) in [6, 6.07) is 5.06. The Kier molecular flexibility index (Phi) is 8.50. The molecule has 0 fully saturated rings. The molecule has 0 atom stereocenters. The summed E-state index contributed by atoms with van der Waals surface area (Å²) in [7, 11) is 1.58. The summed E-state index contributed by atoms with van der Waals surface area (Å²) in [4.78, 5) is 23.0. The number of hydrogen-bond acceptors (Lipinski definition) is 4. The van der Waals surface area contributed by atoms with Crippen molar-refractivity contribution in [1.29, 1.82) is 0 Å². The SMILES string of the molecule is COCCCNC(=O)CC(=O)N/N=C/c1cccc(Cl)c1Cl. The first-order valence-electron chi connectivity index (χ1n) is 6.56. The molecule has 0 bridgehead atoms. The Hall–Kier alpha value is -1.63. The van der Waals surface area contributed by atoms with Crippen LogP contribution >= 0.6 is 23.2 Å². The Bertz CT molecular complexity index is 550. The van der Waals surface area contributed by atoms with Gasteiger partial charge in [-0.3, -0.25) is 9.59 Å². The Morgan fingerprint density at radius 3 is 2.82 bits per heavy atom. The molecule has 22 heavy (non-hydrogen) atoms. The largest absolute Gasteiger partial charge is 0.385 e. The van der Waals surface area contributed by atoms with Crippen LogP contribution in [0.3, 0.4) is 0 Å². The number of carbonyl (C=O) groups excluding carboxylic acids is 2. The van der Waals surface area contributed by atoms with E-state index in [0.29, 0.717) is 35.2 Å². The van der Waals surface area contributed by atoms with Gasteiger partial charge in [0.25, 0.3) is 0 Å². The molecule has 2 amide bonds. The van der Waals surface area contributed by atoms with Crippen LogP contribution in [0.25, 0.3) is 0 Å². The molecule has 6 nitrogen and oxygen atoms in total. The quantitative estimate of drug-likeness (QED) is 0.327. The van der Waals surface area contributed by atoms with Crippen LogP contribution in [0.4, 0.5) is 0 Å². The van der Waals surface area contributed by atoms with E-state index in [1.165, 1.54) is 6.21 Å². The molecule has 120 valence electrons. The summed E-state index contributed by atoms with van der Waals surface area (Å²) in [6.07, 6.45) is 1.76. The van der Waals surface area contributed by atoms with Crippen LogP contribution in [0.15, 0.2) is 23.3 Å². The number of halogens is 2. The highest BCUT2D eigenvalue weighted by molar-refractivity contribution is 6.43. The number of nitrogens with one attached hydrogen (secondary N) is 2. The van der Waals surface area contributed by atoms with Gasteiger partial charge >= 0.3 is 0 Å². The maximum absolute atomic E-state index is 11.5. The molecule has 0 saturated carbocycles. The summed E-state index contributed by atoms with van der Waals surface area (Å²) < 4.78 is 4.85. The van der Waals surface area contributed by atoms with E-state index in [9.17, 15) is 9.59 Å². The lowest BCUT2D eigenvalue weighted by molar-refractivity contribution is -0.129. The Morgan fingerprint density at radius 1 is 1.32 bits per heavy atom. The van der Waals surface area contributed by atoms with Gasteiger partial charge in [0.15, 0.2) is 0 Å². The first-order chi connectivity index (χ1) is 10.5. The number of methoxy groups -OCH3 is 1. The van der Waals surface area contributed by atoms with Gasteiger partial charge in [0.05, 0.1) is 16.3 Å². The smallest absolute Gasteiger partial charge is 0.249 e. The van der Waals surface area contributed by atoms with Crippen molar-refractivity contribution in [2.24, 2.45) is 5.10 Å². The van der Waals surface area contributed by atoms with Gasteiger partial charge in [-0.1, -0.05) is 35.3 Å². The summed E-state index contributed by atoms with van der Waals surface area (Å²) in [6.45, 7) is 1.01. The van der Waals surface area contributed by atoms with E-state index < -0.39 is 5.91 Å². The molecule has 2 N–H and O–H groups in total. The van der Waals surface area contributed by atoms with Crippen molar-refractivity contribution in [3.8, 4) is 0 Å². The summed E-state index contributed by atoms with van der Waals surface area (Å²) >= 11 is 11.8. The van der Waals surface area contributed by atoms with Gasteiger partial charge in [0, 0.05) is 25.8 Å². The van der Waals surface area contributed by atoms with Gasteiger partial charge in [-0.2, -0.15) is 5.10 Å². The maximum Gasteiger partial charge on any atom is 0.249 e. The second-order valence-corrected chi connectivity index (χ2v) is 5.09. The molecule has 0 heterocycles. The molecule has 0 unspecified atom stereocenters. The van der Waals surface area contributed by atoms with E-state index >= 15 is 0 Å². The Balaban J connectivity index is 2.35.